The number of hydrogen-bond donors (Lipinski definition) is 0. The maximum Gasteiger partial charge on any atom is 0.171 e. The fourth-order valence-electron chi connectivity index (χ4n) is 2.59. The molecule has 0 spiro atoms. The van der Waals surface area contributed by atoms with Crippen LogP contribution in [0.4, 0.5) is 0 Å². The number of carbonyl (C=O) groups is 1. The van der Waals surface area contributed by atoms with Gasteiger partial charge < -0.3 is 9.47 Å². The predicted octanol–water partition coefficient (Wildman–Crippen LogP) is 2.60. The van der Waals surface area contributed by atoms with Gasteiger partial charge in [-0.05, 0) is 12.1 Å². The lowest BCUT2D eigenvalue weighted by Crippen LogP contribution is -2.46. The van der Waals surface area contributed by atoms with Crippen LogP contribution in [0, 0.1) is 0 Å². The number of ether oxygens (including phenoxy) is 2. The van der Waals surface area contributed by atoms with Gasteiger partial charge >= 0.3 is 0 Å². The summed E-state index contributed by atoms with van der Waals surface area (Å²) in [5.41, 5.74) is 0.273. The number of aromatic nitrogens is 1. The van der Waals surface area contributed by atoms with Gasteiger partial charge in [-0.3, -0.25) is 4.79 Å². The molecular formula is C15H17NO3S. The molecule has 0 atom stereocenters. The van der Waals surface area contributed by atoms with Crippen LogP contribution in [-0.4, -0.2) is 36.7 Å². The van der Waals surface area contributed by atoms with E-state index in [2.05, 4.69) is 4.98 Å². The molecule has 0 saturated carbocycles. The summed E-state index contributed by atoms with van der Waals surface area (Å²) >= 11 is 1.58. The number of para-hydroxylation sites is 1. The predicted molar refractivity (Wildman–Crippen MR) is 78.1 cm³/mol. The molecule has 1 saturated heterocycles. The molecule has 3 rings (SSSR count). The minimum atomic E-state index is -0.684. The van der Waals surface area contributed by atoms with E-state index < -0.39 is 5.60 Å². The fraction of sp³-hybridized carbons (Fsp3) is 0.467. The smallest absolute Gasteiger partial charge is 0.171 e. The Hall–Kier alpha value is -1.30. The highest BCUT2D eigenvalue weighted by molar-refractivity contribution is 7.18. The lowest BCUT2D eigenvalue weighted by atomic mass is 9.88. The Labute approximate surface area is 121 Å². The van der Waals surface area contributed by atoms with Gasteiger partial charge in [0.15, 0.2) is 5.78 Å². The highest BCUT2D eigenvalue weighted by Gasteiger charge is 2.39. The Kier molecular flexibility index (Phi) is 3.83. The van der Waals surface area contributed by atoms with Crippen molar-refractivity contribution in [2.45, 2.75) is 24.9 Å². The summed E-state index contributed by atoms with van der Waals surface area (Å²) in [4.78, 5) is 17.1. The van der Waals surface area contributed by atoms with Gasteiger partial charge in [-0.25, -0.2) is 4.98 Å². The van der Waals surface area contributed by atoms with Gasteiger partial charge in [-0.15, -0.1) is 11.3 Å². The molecular weight excluding hydrogens is 274 g/mol. The van der Waals surface area contributed by atoms with Crippen LogP contribution in [0.3, 0.4) is 0 Å². The maximum atomic E-state index is 12.6. The second kappa shape index (κ2) is 5.60. The first-order valence-corrected chi connectivity index (χ1v) is 7.56. The Balaban J connectivity index is 1.80. The highest BCUT2D eigenvalue weighted by Crippen LogP contribution is 2.29. The molecule has 0 bridgehead atoms. The summed E-state index contributed by atoms with van der Waals surface area (Å²) in [5.74, 6) is 0.113. The lowest BCUT2D eigenvalue weighted by Gasteiger charge is -2.34. The Morgan fingerprint density at radius 2 is 2.15 bits per heavy atom. The summed E-state index contributed by atoms with van der Waals surface area (Å²) in [7, 11) is 1.61. The van der Waals surface area contributed by atoms with Crippen LogP contribution in [0.1, 0.15) is 17.8 Å². The summed E-state index contributed by atoms with van der Waals surface area (Å²) < 4.78 is 12.0. The molecule has 2 aromatic rings. The van der Waals surface area contributed by atoms with Crippen molar-refractivity contribution in [3.63, 3.8) is 0 Å². The number of Topliss-reactive ketones (excluding diaryl/α,β-unsaturated/α-hetero) is 1. The van der Waals surface area contributed by atoms with E-state index in [0.717, 1.165) is 15.2 Å². The molecule has 1 aliphatic heterocycles. The standard InChI is InChI=1S/C15H17NO3S/c1-18-15(6-8-19-9-7-15)13(17)10-14-16-11-4-2-3-5-12(11)20-14/h2-5H,6-10H2,1H3. The Morgan fingerprint density at radius 3 is 2.85 bits per heavy atom. The molecule has 1 aromatic carbocycles. The molecule has 0 amide bonds. The van der Waals surface area contributed by atoms with Gasteiger partial charge in [0.25, 0.3) is 0 Å². The first kappa shape index (κ1) is 13.7. The van der Waals surface area contributed by atoms with Crippen LogP contribution >= 0.6 is 11.3 Å². The average molecular weight is 291 g/mol. The zero-order valence-electron chi connectivity index (χ0n) is 11.4. The first-order valence-electron chi connectivity index (χ1n) is 6.74. The second-order valence-corrected chi connectivity index (χ2v) is 6.10. The zero-order valence-corrected chi connectivity index (χ0v) is 12.2. The van der Waals surface area contributed by atoms with Gasteiger partial charge in [0.2, 0.25) is 0 Å². The number of fused-ring (bicyclic) bond motifs is 1. The van der Waals surface area contributed by atoms with Crippen LogP contribution in [0.5, 0.6) is 0 Å². The molecule has 5 heteroatoms. The number of thiazole rings is 1. The van der Waals surface area contributed by atoms with Crippen molar-refractivity contribution in [2.75, 3.05) is 20.3 Å². The van der Waals surface area contributed by atoms with Crippen molar-refractivity contribution in [1.82, 2.24) is 4.98 Å². The summed E-state index contributed by atoms with van der Waals surface area (Å²) in [5, 5.41) is 0.860. The van der Waals surface area contributed by atoms with Gasteiger partial charge in [-0.1, -0.05) is 12.1 Å². The summed E-state index contributed by atoms with van der Waals surface area (Å²) in [6.07, 6.45) is 1.60. The minimum absolute atomic E-state index is 0.113. The van der Waals surface area contributed by atoms with Gasteiger partial charge in [0, 0.05) is 33.2 Å². The van der Waals surface area contributed by atoms with Crippen molar-refractivity contribution in [3.05, 3.63) is 29.3 Å². The molecule has 0 radical (unpaired) electrons. The number of carbonyl (C=O) groups excluding carboxylic acids is 1. The lowest BCUT2D eigenvalue weighted by molar-refractivity contribution is -0.151. The Bertz CT molecular complexity index is 583. The number of ketones is 1. The van der Waals surface area contributed by atoms with E-state index in [1.54, 1.807) is 18.4 Å². The number of methoxy groups -OCH3 is 1. The SMILES string of the molecule is COC1(C(=O)Cc2nc3ccccc3s2)CCOCC1. The van der Waals surface area contributed by atoms with Crippen LogP contribution < -0.4 is 0 Å². The molecule has 106 valence electrons. The third kappa shape index (κ3) is 2.49. The number of rotatable bonds is 4. The quantitative estimate of drug-likeness (QED) is 0.869. The molecule has 2 heterocycles. The normalized spacial score (nSPS) is 18.2. The zero-order chi connectivity index (χ0) is 14.0. The van der Waals surface area contributed by atoms with Gasteiger partial charge in [0.05, 0.1) is 16.6 Å². The molecule has 1 aliphatic rings. The molecule has 4 nitrogen and oxygen atoms in total. The molecule has 20 heavy (non-hydrogen) atoms. The molecule has 1 fully saturated rings. The van der Waals surface area contributed by atoms with Crippen LogP contribution in [0.25, 0.3) is 10.2 Å². The minimum Gasteiger partial charge on any atom is -0.381 e. The monoisotopic (exact) mass is 291 g/mol. The van der Waals surface area contributed by atoms with Gasteiger partial charge in [-0.2, -0.15) is 0 Å². The maximum absolute atomic E-state index is 12.6. The third-order valence-electron chi connectivity index (χ3n) is 3.85. The second-order valence-electron chi connectivity index (χ2n) is 4.99. The topological polar surface area (TPSA) is 48.4 Å². The van der Waals surface area contributed by atoms with E-state index in [4.69, 9.17) is 9.47 Å². The van der Waals surface area contributed by atoms with E-state index in [1.165, 1.54) is 0 Å². The number of benzene rings is 1. The van der Waals surface area contributed by atoms with E-state index in [-0.39, 0.29) is 5.78 Å². The Morgan fingerprint density at radius 1 is 1.40 bits per heavy atom. The number of nitrogens with zero attached hydrogens (tertiary/aromatic N) is 1. The molecule has 0 unspecified atom stereocenters. The third-order valence-corrected chi connectivity index (χ3v) is 4.89. The highest BCUT2D eigenvalue weighted by atomic mass is 32.1. The molecule has 1 aromatic heterocycles. The van der Waals surface area contributed by atoms with Crippen molar-refractivity contribution in [2.24, 2.45) is 0 Å². The van der Waals surface area contributed by atoms with Crippen LogP contribution in [-0.2, 0) is 20.7 Å². The fourth-order valence-corrected chi connectivity index (χ4v) is 3.56. The first-order chi connectivity index (χ1) is 9.73. The average Bonchev–Trinajstić information content (AvgIpc) is 2.90. The summed E-state index contributed by atoms with van der Waals surface area (Å²) in [6.45, 7) is 1.17. The largest absolute Gasteiger partial charge is 0.381 e. The van der Waals surface area contributed by atoms with E-state index in [0.29, 0.717) is 32.5 Å². The molecule has 0 N–H and O–H groups in total. The van der Waals surface area contributed by atoms with Crippen LogP contribution in [0.2, 0.25) is 0 Å². The van der Waals surface area contributed by atoms with Gasteiger partial charge in [0.1, 0.15) is 10.6 Å². The van der Waals surface area contributed by atoms with Crippen molar-refractivity contribution >= 4 is 27.3 Å². The van der Waals surface area contributed by atoms with Crippen molar-refractivity contribution in [3.8, 4) is 0 Å². The van der Waals surface area contributed by atoms with E-state index >= 15 is 0 Å². The number of hydrogen-bond acceptors (Lipinski definition) is 5. The van der Waals surface area contributed by atoms with E-state index in [1.807, 2.05) is 24.3 Å². The van der Waals surface area contributed by atoms with Crippen LogP contribution in [0.15, 0.2) is 24.3 Å². The van der Waals surface area contributed by atoms with E-state index in [9.17, 15) is 4.79 Å². The van der Waals surface area contributed by atoms with Crippen molar-refractivity contribution in [1.29, 1.82) is 0 Å². The van der Waals surface area contributed by atoms with Crippen molar-refractivity contribution < 1.29 is 14.3 Å². The molecule has 0 aliphatic carbocycles. The summed E-state index contributed by atoms with van der Waals surface area (Å²) in [6, 6.07) is 7.95.